The van der Waals surface area contributed by atoms with Gasteiger partial charge in [-0.15, -0.1) is 11.3 Å². The number of esters is 1. The van der Waals surface area contributed by atoms with Crippen LogP contribution < -0.4 is 25.2 Å². The summed E-state index contributed by atoms with van der Waals surface area (Å²) in [4.78, 5) is 46.7. The fraction of sp³-hybridized carbons (Fsp3) is 0.286. The second-order valence-electron chi connectivity index (χ2n) is 9.21. The van der Waals surface area contributed by atoms with Crippen LogP contribution in [0.25, 0.3) is 10.2 Å². The van der Waals surface area contributed by atoms with Crippen molar-refractivity contribution in [2.24, 2.45) is 0 Å². The molecule has 1 N–H and O–H groups in total. The maximum absolute atomic E-state index is 13.8. The van der Waals surface area contributed by atoms with E-state index in [9.17, 15) is 14.4 Å². The smallest absolute Gasteiger partial charge is 0.348 e. The largest absolute Gasteiger partial charge is 0.462 e. The third-order valence-corrected chi connectivity index (χ3v) is 8.40. The molecule has 0 aliphatic carbocycles. The number of anilines is 2. The average Bonchev–Trinajstić information content (AvgIpc) is 3.53. The van der Waals surface area contributed by atoms with Crippen molar-refractivity contribution in [2.75, 3.05) is 43.5 Å². The number of hydrogen-bond acceptors (Lipinski definition) is 10. The van der Waals surface area contributed by atoms with Gasteiger partial charge in [0.1, 0.15) is 9.71 Å². The number of nitrogens with one attached hydrogen (secondary N) is 1. The molecule has 0 fully saturated rings. The van der Waals surface area contributed by atoms with Crippen LogP contribution in [0.5, 0.6) is 11.5 Å². The Labute approximate surface area is 238 Å². The van der Waals surface area contributed by atoms with Crippen molar-refractivity contribution in [1.29, 1.82) is 0 Å². The van der Waals surface area contributed by atoms with Crippen molar-refractivity contribution in [1.82, 2.24) is 9.55 Å². The van der Waals surface area contributed by atoms with Gasteiger partial charge in [-0.2, -0.15) is 0 Å². The average molecular weight is 581 g/mol. The van der Waals surface area contributed by atoms with Crippen molar-refractivity contribution >= 4 is 56.6 Å². The van der Waals surface area contributed by atoms with E-state index in [1.807, 2.05) is 55.4 Å². The number of aryl methyl sites for hydroxylation is 1. The number of hydrogen-bond donors (Lipinski definition) is 1. The van der Waals surface area contributed by atoms with Crippen LogP contribution >= 0.6 is 23.1 Å². The zero-order chi connectivity index (χ0) is 28.4. The van der Waals surface area contributed by atoms with E-state index in [2.05, 4.69) is 5.32 Å². The number of carbonyl (C=O) groups is 2. The maximum atomic E-state index is 13.8. The molecule has 2 aromatic heterocycles. The van der Waals surface area contributed by atoms with Crippen LogP contribution in [-0.2, 0) is 16.1 Å². The number of rotatable bonds is 9. The molecule has 0 radical (unpaired) electrons. The highest BCUT2D eigenvalue weighted by Gasteiger charge is 2.23. The number of carbonyl (C=O) groups excluding carboxylic acids is 2. The Bertz CT molecular complexity index is 1650. The fourth-order valence-corrected chi connectivity index (χ4v) is 6.15. The van der Waals surface area contributed by atoms with Crippen molar-refractivity contribution in [3.63, 3.8) is 0 Å². The monoisotopic (exact) mass is 580 g/mol. The first-order chi connectivity index (χ1) is 19.2. The van der Waals surface area contributed by atoms with Crippen LogP contribution in [0, 0.1) is 6.92 Å². The Balaban J connectivity index is 1.46. The molecule has 0 saturated heterocycles. The molecule has 1 amide bonds. The van der Waals surface area contributed by atoms with E-state index in [-0.39, 0.29) is 37.2 Å². The maximum Gasteiger partial charge on any atom is 0.348 e. The molecule has 4 aromatic rings. The number of nitrogens with zero attached hydrogens (tertiary/aromatic N) is 3. The van der Waals surface area contributed by atoms with Gasteiger partial charge in [0.25, 0.3) is 5.56 Å². The number of fused-ring (bicyclic) bond motifs is 2. The molecule has 5 rings (SSSR count). The van der Waals surface area contributed by atoms with Crippen LogP contribution in [0.1, 0.15) is 27.7 Å². The minimum atomic E-state index is -0.487. The minimum absolute atomic E-state index is 0.0314. The second kappa shape index (κ2) is 11.6. The lowest BCUT2D eigenvalue weighted by Crippen LogP contribution is -2.25. The van der Waals surface area contributed by atoms with Gasteiger partial charge < -0.3 is 24.4 Å². The lowest BCUT2D eigenvalue weighted by Gasteiger charge is -2.14. The zero-order valence-corrected chi connectivity index (χ0v) is 24.1. The van der Waals surface area contributed by atoms with Crippen LogP contribution in [0.3, 0.4) is 0 Å². The first-order valence-electron chi connectivity index (χ1n) is 12.5. The molecule has 0 unspecified atom stereocenters. The van der Waals surface area contributed by atoms with Crippen LogP contribution in [0.2, 0.25) is 0 Å². The molecule has 0 atom stereocenters. The van der Waals surface area contributed by atoms with Gasteiger partial charge in [-0.3, -0.25) is 14.2 Å². The van der Waals surface area contributed by atoms with E-state index in [1.165, 1.54) is 4.57 Å². The van der Waals surface area contributed by atoms with Gasteiger partial charge in [0.05, 0.1) is 24.3 Å². The molecule has 12 heteroatoms. The van der Waals surface area contributed by atoms with Gasteiger partial charge in [0.2, 0.25) is 12.7 Å². The van der Waals surface area contributed by atoms with Gasteiger partial charge in [-0.25, -0.2) is 9.78 Å². The molecule has 208 valence electrons. The van der Waals surface area contributed by atoms with E-state index in [0.717, 1.165) is 34.3 Å². The van der Waals surface area contributed by atoms with Crippen molar-refractivity contribution in [3.8, 4) is 11.5 Å². The van der Waals surface area contributed by atoms with Gasteiger partial charge in [0.15, 0.2) is 16.7 Å². The highest BCUT2D eigenvalue weighted by Crippen LogP contribution is 2.34. The third kappa shape index (κ3) is 5.63. The molecule has 40 heavy (non-hydrogen) atoms. The van der Waals surface area contributed by atoms with E-state index in [0.29, 0.717) is 43.0 Å². The minimum Gasteiger partial charge on any atom is -0.462 e. The Hall–Kier alpha value is -4.03. The quantitative estimate of drug-likeness (QED) is 0.174. The molecule has 0 saturated carbocycles. The summed E-state index contributed by atoms with van der Waals surface area (Å²) in [5.41, 5.74) is 2.73. The normalized spacial score (nSPS) is 12.0. The van der Waals surface area contributed by atoms with Crippen LogP contribution in [-0.4, -0.2) is 54.7 Å². The van der Waals surface area contributed by atoms with Crippen molar-refractivity contribution < 1.29 is 23.8 Å². The van der Waals surface area contributed by atoms with E-state index in [4.69, 9.17) is 19.2 Å². The number of thiophene rings is 1. The Morgan fingerprint density at radius 2 is 1.90 bits per heavy atom. The molecular weight excluding hydrogens is 552 g/mol. The zero-order valence-electron chi connectivity index (χ0n) is 22.5. The Kier molecular flexibility index (Phi) is 7.99. The number of aromatic nitrogens is 2. The summed E-state index contributed by atoms with van der Waals surface area (Å²) >= 11 is 2.27. The predicted molar refractivity (Wildman–Crippen MR) is 156 cm³/mol. The molecular formula is C28H28N4O6S2. The number of ether oxygens (including phenoxy) is 3. The first-order valence-corrected chi connectivity index (χ1v) is 14.3. The molecule has 0 spiro atoms. The molecule has 0 bridgehead atoms. The lowest BCUT2D eigenvalue weighted by atomic mass is 10.2. The van der Waals surface area contributed by atoms with Crippen LogP contribution in [0.15, 0.2) is 52.4 Å². The molecule has 10 nitrogen and oxygen atoms in total. The van der Waals surface area contributed by atoms with E-state index >= 15 is 0 Å². The first kappa shape index (κ1) is 27.5. The van der Waals surface area contributed by atoms with Crippen molar-refractivity contribution in [3.05, 3.63) is 68.8 Å². The van der Waals surface area contributed by atoms with E-state index in [1.54, 1.807) is 19.9 Å². The summed E-state index contributed by atoms with van der Waals surface area (Å²) in [7, 11) is 3.89. The Morgan fingerprint density at radius 3 is 2.62 bits per heavy atom. The predicted octanol–water partition coefficient (Wildman–Crippen LogP) is 4.52. The third-order valence-electron chi connectivity index (χ3n) is 6.25. The standard InChI is InChI=1S/C28H28N4O6S2/c1-5-36-27(35)24-16(2)23-25(40-24)30-28(39-14-22(33)29-18-7-9-19(10-8-18)31(3)4)32(26(23)34)13-17-6-11-20-21(12-17)38-15-37-20/h6-12H,5,13-15H2,1-4H3,(H,29,33). The fourth-order valence-electron chi connectivity index (χ4n) is 4.23. The van der Waals surface area contributed by atoms with Crippen molar-refractivity contribution in [2.45, 2.75) is 25.5 Å². The Morgan fingerprint density at radius 1 is 1.15 bits per heavy atom. The number of benzene rings is 2. The molecule has 1 aliphatic heterocycles. The highest BCUT2D eigenvalue weighted by atomic mass is 32.2. The van der Waals surface area contributed by atoms with Crippen LogP contribution in [0.4, 0.5) is 11.4 Å². The summed E-state index contributed by atoms with van der Waals surface area (Å²) in [5, 5.41) is 3.62. The highest BCUT2D eigenvalue weighted by molar-refractivity contribution is 7.99. The molecule has 3 heterocycles. The molecule has 1 aliphatic rings. The van der Waals surface area contributed by atoms with Gasteiger partial charge in [0, 0.05) is 25.5 Å². The summed E-state index contributed by atoms with van der Waals surface area (Å²) in [6.07, 6.45) is 0. The van der Waals surface area contributed by atoms with Gasteiger partial charge in [-0.1, -0.05) is 17.8 Å². The topological polar surface area (TPSA) is 112 Å². The van der Waals surface area contributed by atoms with E-state index < -0.39 is 5.97 Å². The summed E-state index contributed by atoms with van der Waals surface area (Å²) in [6.45, 7) is 4.01. The molecule has 2 aromatic carbocycles. The summed E-state index contributed by atoms with van der Waals surface area (Å²) in [5.74, 6) is 0.552. The lowest BCUT2D eigenvalue weighted by molar-refractivity contribution is -0.113. The number of thioether (sulfide) groups is 1. The van der Waals surface area contributed by atoms with Gasteiger partial charge in [-0.05, 0) is 61.4 Å². The van der Waals surface area contributed by atoms with Gasteiger partial charge >= 0.3 is 5.97 Å². The SMILES string of the molecule is CCOC(=O)c1sc2nc(SCC(=O)Nc3ccc(N(C)C)cc3)n(Cc3ccc4c(c3)OCO4)c(=O)c2c1C. The summed E-state index contributed by atoms with van der Waals surface area (Å²) in [6, 6.07) is 13.0. The summed E-state index contributed by atoms with van der Waals surface area (Å²) < 4.78 is 17.6. The number of amides is 1. The second-order valence-corrected chi connectivity index (χ2v) is 11.1.